The number of imidazole rings is 1. The van der Waals surface area contributed by atoms with Crippen LogP contribution in [0.3, 0.4) is 0 Å². The van der Waals surface area contributed by atoms with Gasteiger partial charge in [-0.3, -0.25) is 4.79 Å². The smallest absolute Gasteiger partial charge is 0.223 e. The van der Waals surface area contributed by atoms with Gasteiger partial charge in [0.1, 0.15) is 5.82 Å². The van der Waals surface area contributed by atoms with Crippen molar-refractivity contribution >= 4 is 16.9 Å². The van der Waals surface area contributed by atoms with Crippen molar-refractivity contribution in [2.75, 3.05) is 13.1 Å². The van der Waals surface area contributed by atoms with E-state index in [9.17, 15) is 4.79 Å². The molecule has 0 saturated carbocycles. The van der Waals surface area contributed by atoms with Crippen LogP contribution in [0.15, 0.2) is 48.5 Å². The first-order chi connectivity index (χ1) is 13.2. The molecule has 0 bridgehead atoms. The van der Waals surface area contributed by atoms with Crippen LogP contribution in [0, 0.1) is 6.92 Å². The van der Waals surface area contributed by atoms with E-state index in [0.29, 0.717) is 6.42 Å². The summed E-state index contributed by atoms with van der Waals surface area (Å²) in [5.41, 5.74) is 4.69. The monoisotopic (exact) mass is 361 g/mol. The maximum Gasteiger partial charge on any atom is 0.223 e. The number of nitrogens with zero attached hydrogens (tertiary/aromatic N) is 3. The number of amides is 1. The van der Waals surface area contributed by atoms with E-state index in [2.05, 4.69) is 60.9 Å². The van der Waals surface area contributed by atoms with Gasteiger partial charge in [0.15, 0.2) is 0 Å². The molecule has 1 amide bonds. The highest BCUT2D eigenvalue weighted by atomic mass is 16.2. The second-order valence-electron chi connectivity index (χ2n) is 7.63. The van der Waals surface area contributed by atoms with Gasteiger partial charge in [-0.05, 0) is 31.0 Å². The predicted octanol–water partition coefficient (Wildman–Crippen LogP) is 4.51. The van der Waals surface area contributed by atoms with Crippen molar-refractivity contribution < 1.29 is 4.79 Å². The summed E-state index contributed by atoms with van der Waals surface area (Å²) >= 11 is 0. The van der Waals surface area contributed by atoms with Crippen molar-refractivity contribution in [1.29, 1.82) is 0 Å². The van der Waals surface area contributed by atoms with Crippen molar-refractivity contribution in [1.82, 2.24) is 14.5 Å². The highest BCUT2D eigenvalue weighted by Crippen LogP contribution is 2.31. The molecule has 27 heavy (non-hydrogen) atoms. The average molecular weight is 361 g/mol. The molecule has 1 aliphatic heterocycles. The molecule has 0 unspecified atom stereocenters. The van der Waals surface area contributed by atoms with Crippen molar-refractivity contribution in [3.05, 3.63) is 65.5 Å². The van der Waals surface area contributed by atoms with Gasteiger partial charge in [0.2, 0.25) is 5.91 Å². The van der Waals surface area contributed by atoms with Crippen LogP contribution < -0.4 is 0 Å². The number of hydrogen-bond acceptors (Lipinski definition) is 2. The number of hydrogen-bond donors (Lipinski definition) is 0. The molecule has 2 aromatic carbocycles. The second-order valence-corrected chi connectivity index (χ2v) is 7.63. The molecule has 0 spiro atoms. The van der Waals surface area contributed by atoms with E-state index in [4.69, 9.17) is 4.98 Å². The fourth-order valence-corrected chi connectivity index (χ4v) is 4.08. The average Bonchev–Trinajstić information content (AvgIpc) is 3.21. The largest absolute Gasteiger partial charge is 0.342 e. The zero-order valence-corrected chi connectivity index (χ0v) is 16.2. The number of rotatable bonds is 6. The Morgan fingerprint density at radius 2 is 2.00 bits per heavy atom. The zero-order chi connectivity index (χ0) is 18.8. The Morgan fingerprint density at radius 1 is 1.15 bits per heavy atom. The van der Waals surface area contributed by atoms with Gasteiger partial charge in [0.05, 0.1) is 11.0 Å². The quantitative estimate of drug-likeness (QED) is 0.648. The molecule has 1 fully saturated rings. The molecular weight excluding hydrogens is 334 g/mol. The minimum Gasteiger partial charge on any atom is -0.342 e. The number of aryl methyl sites for hydroxylation is 1. The summed E-state index contributed by atoms with van der Waals surface area (Å²) in [5.74, 6) is 1.49. The molecular formula is C23H27N3O. The van der Waals surface area contributed by atoms with Crippen LogP contribution in [0.1, 0.15) is 49.1 Å². The van der Waals surface area contributed by atoms with Crippen molar-refractivity contribution in [3.63, 3.8) is 0 Å². The van der Waals surface area contributed by atoms with Crippen LogP contribution in [-0.4, -0.2) is 33.4 Å². The van der Waals surface area contributed by atoms with E-state index in [1.165, 1.54) is 11.1 Å². The molecule has 2 heterocycles. The molecule has 0 aliphatic carbocycles. The van der Waals surface area contributed by atoms with Crippen LogP contribution in [0.5, 0.6) is 0 Å². The summed E-state index contributed by atoms with van der Waals surface area (Å²) in [5, 5.41) is 0. The first kappa shape index (κ1) is 17.8. The number of aromatic nitrogens is 2. The van der Waals surface area contributed by atoms with Gasteiger partial charge in [-0.2, -0.15) is 0 Å². The van der Waals surface area contributed by atoms with Crippen molar-refractivity contribution in [2.45, 2.75) is 45.6 Å². The fourth-order valence-electron chi connectivity index (χ4n) is 4.08. The van der Waals surface area contributed by atoms with Gasteiger partial charge >= 0.3 is 0 Å². The lowest BCUT2D eigenvalue weighted by molar-refractivity contribution is -0.127. The summed E-state index contributed by atoms with van der Waals surface area (Å²) in [6, 6.07) is 16.9. The minimum atomic E-state index is 0.173. The van der Waals surface area contributed by atoms with Gasteiger partial charge in [-0.1, -0.05) is 55.3 Å². The Morgan fingerprint density at radius 3 is 2.81 bits per heavy atom. The van der Waals surface area contributed by atoms with E-state index in [0.717, 1.165) is 49.3 Å². The van der Waals surface area contributed by atoms with Crippen LogP contribution in [0.25, 0.3) is 11.0 Å². The van der Waals surface area contributed by atoms with Gasteiger partial charge < -0.3 is 9.47 Å². The number of para-hydroxylation sites is 2. The number of likely N-dealkylation sites (tertiary alicyclic amines) is 1. The Bertz CT molecular complexity index is 959. The molecule has 4 heteroatoms. The summed E-state index contributed by atoms with van der Waals surface area (Å²) < 4.78 is 2.31. The predicted molar refractivity (Wildman–Crippen MR) is 109 cm³/mol. The first-order valence-electron chi connectivity index (χ1n) is 9.94. The van der Waals surface area contributed by atoms with E-state index in [1.54, 1.807) is 0 Å². The van der Waals surface area contributed by atoms with Crippen molar-refractivity contribution in [3.8, 4) is 0 Å². The maximum absolute atomic E-state index is 12.5. The lowest BCUT2D eigenvalue weighted by Gasteiger charge is -2.17. The van der Waals surface area contributed by atoms with E-state index < -0.39 is 0 Å². The van der Waals surface area contributed by atoms with Crippen LogP contribution in [0.2, 0.25) is 0 Å². The van der Waals surface area contributed by atoms with Gasteiger partial charge in [0.25, 0.3) is 0 Å². The zero-order valence-electron chi connectivity index (χ0n) is 16.2. The Kier molecular flexibility index (Phi) is 4.97. The SMILES string of the molecule is CCCCN1C[C@H](c2nc3ccccc3n2Cc2cccc(C)c2)CC1=O. The van der Waals surface area contributed by atoms with Crippen LogP contribution >= 0.6 is 0 Å². The second kappa shape index (κ2) is 7.55. The molecule has 1 aromatic heterocycles. The third kappa shape index (κ3) is 3.61. The Balaban J connectivity index is 1.69. The van der Waals surface area contributed by atoms with Gasteiger partial charge in [-0.25, -0.2) is 4.98 Å². The number of carbonyl (C=O) groups is 1. The molecule has 140 valence electrons. The molecule has 0 N–H and O–H groups in total. The molecule has 1 atom stereocenters. The number of benzene rings is 2. The lowest BCUT2D eigenvalue weighted by atomic mass is 10.1. The number of unbranched alkanes of at least 4 members (excludes halogenated alkanes) is 1. The van der Waals surface area contributed by atoms with E-state index in [1.807, 2.05) is 11.0 Å². The maximum atomic E-state index is 12.5. The summed E-state index contributed by atoms with van der Waals surface area (Å²) in [6.45, 7) is 6.73. The van der Waals surface area contributed by atoms with Gasteiger partial charge in [0, 0.05) is 32.0 Å². The van der Waals surface area contributed by atoms with E-state index in [-0.39, 0.29) is 11.8 Å². The molecule has 0 radical (unpaired) electrons. The first-order valence-corrected chi connectivity index (χ1v) is 9.94. The Labute approximate surface area is 160 Å². The fraction of sp³-hybridized carbons (Fsp3) is 0.391. The summed E-state index contributed by atoms with van der Waals surface area (Å²) in [4.78, 5) is 19.4. The van der Waals surface area contributed by atoms with Gasteiger partial charge in [-0.15, -0.1) is 0 Å². The standard InChI is InChI=1S/C23H27N3O/c1-3-4-12-25-16-19(14-22(25)27)23-24-20-10-5-6-11-21(20)26(23)15-18-9-7-8-17(2)13-18/h5-11,13,19H,3-4,12,14-16H2,1-2H3/t19-/m1/s1. The molecule has 3 aromatic rings. The normalized spacial score (nSPS) is 17.2. The minimum absolute atomic E-state index is 0.173. The summed E-state index contributed by atoms with van der Waals surface area (Å²) in [7, 11) is 0. The van der Waals surface area contributed by atoms with Crippen LogP contribution in [0.4, 0.5) is 0 Å². The third-order valence-electron chi connectivity index (χ3n) is 5.47. The molecule has 1 aliphatic rings. The van der Waals surface area contributed by atoms with E-state index >= 15 is 0 Å². The lowest BCUT2D eigenvalue weighted by Crippen LogP contribution is -2.26. The molecule has 4 nitrogen and oxygen atoms in total. The van der Waals surface area contributed by atoms with Crippen molar-refractivity contribution in [2.24, 2.45) is 0 Å². The highest BCUT2D eigenvalue weighted by Gasteiger charge is 2.33. The Hall–Kier alpha value is -2.62. The number of carbonyl (C=O) groups excluding carboxylic acids is 1. The third-order valence-corrected chi connectivity index (χ3v) is 5.47. The number of fused-ring (bicyclic) bond motifs is 1. The highest BCUT2D eigenvalue weighted by molar-refractivity contribution is 5.81. The molecule has 1 saturated heterocycles. The van der Waals surface area contributed by atoms with Crippen LogP contribution in [-0.2, 0) is 11.3 Å². The summed E-state index contributed by atoms with van der Waals surface area (Å²) in [6.07, 6.45) is 2.75. The topological polar surface area (TPSA) is 38.1 Å². The molecule has 4 rings (SSSR count).